The molecule has 138 valence electrons. The second-order valence-corrected chi connectivity index (χ2v) is 7.34. The Kier molecular flexibility index (Phi) is 2.87. The summed E-state index contributed by atoms with van der Waals surface area (Å²) in [6.07, 6.45) is 1.81. The van der Waals surface area contributed by atoms with E-state index in [1.807, 2.05) is 48.9 Å². The maximum absolute atomic E-state index is 8.48. The Bertz CT molecular complexity index is 1520. The van der Waals surface area contributed by atoms with Crippen molar-refractivity contribution in [1.29, 1.82) is 0 Å². The van der Waals surface area contributed by atoms with Crippen LogP contribution in [0, 0.1) is 6.92 Å². The van der Waals surface area contributed by atoms with Gasteiger partial charge in [0.05, 0.1) is 11.1 Å². The molecule has 5 aromatic rings. The molecule has 3 heteroatoms. The van der Waals surface area contributed by atoms with E-state index in [0.717, 1.165) is 44.1 Å². The molecule has 0 amide bonds. The Morgan fingerprint density at radius 3 is 2.82 bits per heavy atom. The Morgan fingerprint density at radius 2 is 1.96 bits per heavy atom. The first-order valence-electron chi connectivity index (χ1n) is 11.3. The number of benzene rings is 2. The molecule has 5 rings (SSSR count). The first-order chi connectivity index (χ1) is 15.1. The monoisotopic (exact) mass is 371 g/mol. The van der Waals surface area contributed by atoms with Gasteiger partial charge in [0.2, 0.25) is 11.4 Å². The summed E-state index contributed by atoms with van der Waals surface area (Å²) < 4.78 is 39.9. The lowest BCUT2D eigenvalue weighted by molar-refractivity contribution is -0.660. The summed E-state index contributed by atoms with van der Waals surface area (Å²) in [6.45, 7) is 1.03. The number of hydrogen-bond donors (Lipinski definition) is 0. The third-order valence-corrected chi connectivity index (χ3v) is 5.37. The predicted octanol–water partition coefficient (Wildman–Crippen LogP) is 6.06. The maximum Gasteiger partial charge on any atom is 0.227 e. The summed E-state index contributed by atoms with van der Waals surface area (Å²) in [5.74, 6) is -1.71. The van der Waals surface area contributed by atoms with Gasteiger partial charge in [-0.15, -0.1) is 0 Å². The number of fused-ring (bicyclic) bond motifs is 4. The smallest absolute Gasteiger partial charge is 0.227 e. The molecule has 0 spiro atoms. The molecule has 28 heavy (non-hydrogen) atoms. The first kappa shape index (κ1) is 13.1. The molecule has 0 aliphatic heterocycles. The first-order valence-corrected chi connectivity index (χ1v) is 9.29. The number of aromatic nitrogens is 2. The lowest BCUT2D eigenvalue weighted by atomic mass is 9.97. The summed E-state index contributed by atoms with van der Waals surface area (Å²) in [5, 5.41) is 3.02. The van der Waals surface area contributed by atoms with Crippen molar-refractivity contribution in [1.82, 2.24) is 4.98 Å². The average molecular weight is 371 g/mol. The van der Waals surface area contributed by atoms with Crippen LogP contribution in [0.15, 0.2) is 65.2 Å². The topological polar surface area (TPSA) is 29.9 Å². The highest BCUT2D eigenvalue weighted by Crippen LogP contribution is 2.34. The average Bonchev–Trinajstić information content (AvgIpc) is 3.07. The highest BCUT2D eigenvalue weighted by atomic mass is 16.3. The van der Waals surface area contributed by atoms with Gasteiger partial charge in [0, 0.05) is 33.8 Å². The molecular weight excluding hydrogens is 344 g/mol. The molecule has 0 radical (unpaired) electrons. The van der Waals surface area contributed by atoms with Crippen molar-refractivity contribution in [3.05, 3.63) is 71.9 Å². The molecule has 0 saturated heterocycles. The standard InChI is InChI=1S/C25H23N2O/c1-15(2)17-9-10-27(4)23(13-17)19-14-24-20(11-16(19)3)21-12-18-7-5-6-8-22(18)26-25(21)28-24/h5-15H,1-4H3/q+1/i1D3,15D. The molecule has 0 saturated carbocycles. The summed E-state index contributed by atoms with van der Waals surface area (Å²) in [6, 6.07) is 17.6. The number of rotatable bonds is 2. The zero-order valence-electron chi connectivity index (χ0n) is 20.1. The minimum absolute atomic E-state index is 0.447. The molecule has 0 fully saturated rings. The minimum atomic E-state index is -2.43. The lowest BCUT2D eigenvalue weighted by Gasteiger charge is -2.09. The Labute approximate surface area is 169 Å². The molecule has 0 bridgehead atoms. The van der Waals surface area contributed by atoms with Crippen LogP contribution in [-0.2, 0) is 7.05 Å². The molecule has 3 heterocycles. The zero-order valence-corrected chi connectivity index (χ0v) is 16.1. The third-order valence-electron chi connectivity index (χ3n) is 5.37. The van der Waals surface area contributed by atoms with E-state index in [0.29, 0.717) is 11.3 Å². The zero-order chi connectivity index (χ0) is 22.8. The molecule has 1 unspecified atom stereocenters. The molecule has 0 N–H and O–H groups in total. The van der Waals surface area contributed by atoms with Crippen molar-refractivity contribution in [3.8, 4) is 11.3 Å². The molecule has 0 aliphatic carbocycles. The predicted molar refractivity (Wildman–Crippen MR) is 114 cm³/mol. The largest absolute Gasteiger partial charge is 0.438 e. The van der Waals surface area contributed by atoms with Crippen molar-refractivity contribution < 1.29 is 14.5 Å². The Hall–Kier alpha value is -3.20. The molecule has 3 nitrogen and oxygen atoms in total. The Balaban J connectivity index is 1.73. The minimum Gasteiger partial charge on any atom is -0.438 e. The van der Waals surface area contributed by atoms with Gasteiger partial charge < -0.3 is 4.42 Å². The van der Waals surface area contributed by atoms with Crippen molar-refractivity contribution in [2.24, 2.45) is 7.05 Å². The fourth-order valence-corrected chi connectivity index (χ4v) is 3.80. The van der Waals surface area contributed by atoms with E-state index in [2.05, 4.69) is 17.1 Å². The number of pyridine rings is 2. The van der Waals surface area contributed by atoms with Gasteiger partial charge in [-0.1, -0.05) is 32.0 Å². The second-order valence-electron chi connectivity index (χ2n) is 7.34. The van der Waals surface area contributed by atoms with Crippen molar-refractivity contribution in [3.63, 3.8) is 0 Å². The van der Waals surface area contributed by atoms with Crippen LogP contribution in [0.2, 0.25) is 0 Å². The summed E-state index contributed by atoms with van der Waals surface area (Å²) in [5.41, 5.74) is 5.42. The summed E-state index contributed by atoms with van der Waals surface area (Å²) in [4.78, 5) is 4.68. The maximum atomic E-state index is 8.48. The quantitative estimate of drug-likeness (QED) is 0.353. The second kappa shape index (κ2) is 6.16. The van der Waals surface area contributed by atoms with Crippen LogP contribution in [0.4, 0.5) is 0 Å². The van der Waals surface area contributed by atoms with Crippen molar-refractivity contribution in [2.45, 2.75) is 26.6 Å². The van der Waals surface area contributed by atoms with Crippen molar-refractivity contribution >= 4 is 33.0 Å². The van der Waals surface area contributed by atoms with Crippen molar-refractivity contribution in [2.75, 3.05) is 0 Å². The van der Waals surface area contributed by atoms with Gasteiger partial charge in [0.1, 0.15) is 12.6 Å². The molecule has 3 aromatic heterocycles. The normalized spacial score (nSPS) is 16.5. The van der Waals surface area contributed by atoms with Crippen LogP contribution in [0.1, 0.15) is 36.3 Å². The van der Waals surface area contributed by atoms with Gasteiger partial charge in [-0.2, -0.15) is 0 Å². The van der Waals surface area contributed by atoms with E-state index in [-0.39, 0.29) is 0 Å². The molecular formula is C25H23N2O+. The van der Waals surface area contributed by atoms with Crippen LogP contribution < -0.4 is 4.57 Å². The molecule has 2 aromatic carbocycles. The number of furan rings is 1. The fourth-order valence-electron chi connectivity index (χ4n) is 3.80. The summed E-state index contributed by atoms with van der Waals surface area (Å²) in [7, 11) is 1.91. The number of hydrogen-bond acceptors (Lipinski definition) is 2. The molecule has 0 aliphatic rings. The van der Waals surface area contributed by atoms with Gasteiger partial charge in [-0.25, -0.2) is 9.55 Å². The van der Waals surface area contributed by atoms with Gasteiger partial charge in [0.25, 0.3) is 0 Å². The van der Waals surface area contributed by atoms with E-state index >= 15 is 0 Å². The van der Waals surface area contributed by atoms with Crippen LogP contribution in [-0.4, -0.2) is 4.98 Å². The number of aryl methyl sites for hydroxylation is 2. The third kappa shape index (κ3) is 2.58. The van der Waals surface area contributed by atoms with E-state index in [4.69, 9.17) is 9.90 Å². The number of para-hydroxylation sites is 1. The van der Waals surface area contributed by atoms with Crippen LogP contribution in [0.5, 0.6) is 0 Å². The SMILES string of the molecule is [2H]C([2H])([2H])C([2H])(C)c1cc[n+](C)c(-c2cc3oc4nc5ccccc5cc4c3cc2C)c1. The van der Waals surface area contributed by atoms with E-state index in [9.17, 15) is 0 Å². The van der Waals surface area contributed by atoms with Crippen LogP contribution in [0.25, 0.3) is 44.2 Å². The van der Waals surface area contributed by atoms with Crippen LogP contribution >= 0.6 is 0 Å². The fraction of sp³-hybridized carbons (Fsp3) is 0.200. The van der Waals surface area contributed by atoms with E-state index in [1.165, 1.54) is 6.92 Å². The van der Waals surface area contributed by atoms with Gasteiger partial charge in [-0.3, -0.25) is 0 Å². The van der Waals surface area contributed by atoms with Gasteiger partial charge in [-0.05, 0) is 48.2 Å². The van der Waals surface area contributed by atoms with Gasteiger partial charge >= 0.3 is 0 Å². The van der Waals surface area contributed by atoms with E-state index < -0.39 is 12.7 Å². The summed E-state index contributed by atoms with van der Waals surface area (Å²) >= 11 is 0. The Morgan fingerprint density at radius 1 is 1.11 bits per heavy atom. The highest BCUT2D eigenvalue weighted by Gasteiger charge is 2.18. The highest BCUT2D eigenvalue weighted by molar-refractivity contribution is 6.08. The van der Waals surface area contributed by atoms with Crippen LogP contribution in [0.3, 0.4) is 0 Å². The van der Waals surface area contributed by atoms with E-state index in [1.54, 1.807) is 18.3 Å². The lowest BCUT2D eigenvalue weighted by Crippen LogP contribution is -2.30. The van der Waals surface area contributed by atoms with Gasteiger partial charge in [0.15, 0.2) is 6.20 Å². The molecule has 1 atom stereocenters. The number of nitrogens with zero attached hydrogens (tertiary/aromatic N) is 2.